The Kier molecular flexibility index (Phi) is 3.51. The predicted octanol–water partition coefficient (Wildman–Crippen LogP) is 2.29. The largest absolute Gasteiger partial charge is 0.383 e. The molecular formula is C6H4BrClF2N2O2S. The Morgan fingerprint density at radius 2 is 2.07 bits per heavy atom. The molecule has 0 fully saturated rings. The van der Waals surface area contributed by atoms with Gasteiger partial charge in [-0.15, -0.1) is 0 Å². The highest BCUT2D eigenvalue weighted by molar-refractivity contribution is 9.10. The van der Waals surface area contributed by atoms with E-state index in [1.807, 2.05) is 0 Å². The molecule has 1 rings (SSSR count). The van der Waals surface area contributed by atoms with Crippen LogP contribution in [0.4, 0.5) is 14.6 Å². The van der Waals surface area contributed by atoms with Gasteiger partial charge in [-0.3, -0.25) is 0 Å². The molecule has 0 aliphatic carbocycles. The molecule has 0 aromatic carbocycles. The molecule has 1 aromatic heterocycles. The third kappa shape index (κ3) is 2.56. The second kappa shape index (κ2) is 4.18. The van der Waals surface area contributed by atoms with Crippen molar-refractivity contribution in [3.05, 3.63) is 16.2 Å². The molecule has 0 saturated heterocycles. The highest BCUT2D eigenvalue weighted by Crippen LogP contribution is 2.36. The van der Waals surface area contributed by atoms with Crippen LogP contribution >= 0.6 is 26.6 Å². The molecule has 0 radical (unpaired) electrons. The van der Waals surface area contributed by atoms with Crippen LogP contribution in [0.1, 0.15) is 12.0 Å². The molecule has 4 nitrogen and oxygen atoms in total. The van der Waals surface area contributed by atoms with Gasteiger partial charge in [0.25, 0.3) is 15.5 Å². The number of hydrogen-bond acceptors (Lipinski definition) is 4. The maximum Gasteiger partial charge on any atom is 0.266 e. The Morgan fingerprint density at radius 3 is 2.47 bits per heavy atom. The fraction of sp³-hybridized carbons (Fsp3) is 0.167. The predicted molar refractivity (Wildman–Crippen MR) is 54.3 cm³/mol. The van der Waals surface area contributed by atoms with Crippen LogP contribution in [0.25, 0.3) is 0 Å². The number of pyridine rings is 1. The first-order chi connectivity index (χ1) is 6.75. The molecule has 0 aliphatic heterocycles. The summed E-state index contributed by atoms with van der Waals surface area (Å²) in [6, 6.07) is 0. The molecule has 1 aromatic rings. The van der Waals surface area contributed by atoms with Crippen molar-refractivity contribution >= 4 is 41.5 Å². The second-order valence-electron chi connectivity index (χ2n) is 2.47. The van der Waals surface area contributed by atoms with Gasteiger partial charge in [-0.05, 0) is 15.9 Å². The third-order valence-corrected chi connectivity index (χ3v) is 3.71. The van der Waals surface area contributed by atoms with Crippen molar-refractivity contribution in [3.8, 4) is 0 Å². The van der Waals surface area contributed by atoms with Crippen LogP contribution in [0.2, 0.25) is 0 Å². The Morgan fingerprint density at radius 1 is 1.53 bits per heavy atom. The number of nitrogens with zero attached hydrogens (tertiary/aromatic N) is 1. The fourth-order valence-corrected chi connectivity index (χ4v) is 2.52. The summed E-state index contributed by atoms with van der Waals surface area (Å²) in [7, 11) is 0.696. The maximum atomic E-state index is 12.6. The van der Waals surface area contributed by atoms with Crippen molar-refractivity contribution in [2.75, 3.05) is 5.73 Å². The number of hydrogen-bond donors (Lipinski definition) is 1. The molecule has 0 bridgehead atoms. The van der Waals surface area contributed by atoms with Crippen molar-refractivity contribution in [3.63, 3.8) is 0 Å². The fourth-order valence-electron chi connectivity index (χ4n) is 0.898. The molecule has 0 aliphatic rings. The number of alkyl halides is 2. The van der Waals surface area contributed by atoms with E-state index in [0.29, 0.717) is 6.20 Å². The van der Waals surface area contributed by atoms with Gasteiger partial charge >= 0.3 is 0 Å². The Bertz CT molecular complexity index is 494. The van der Waals surface area contributed by atoms with Crippen molar-refractivity contribution in [1.82, 2.24) is 4.98 Å². The molecule has 0 spiro atoms. The minimum atomic E-state index is -4.27. The average molecular weight is 322 g/mol. The van der Waals surface area contributed by atoms with Crippen LogP contribution in [0.15, 0.2) is 15.6 Å². The van der Waals surface area contributed by atoms with E-state index in [0.717, 1.165) is 0 Å². The number of anilines is 1. The zero-order valence-corrected chi connectivity index (χ0v) is 10.1. The van der Waals surface area contributed by atoms with Crippen molar-refractivity contribution in [2.24, 2.45) is 0 Å². The van der Waals surface area contributed by atoms with Crippen LogP contribution in [0.5, 0.6) is 0 Å². The van der Waals surface area contributed by atoms with Crippen molar-refractivity contribution in [2.45, 2.75) is 11.3 Å². The summed E-state index contributed by atoms with van der Waals surface area (Å²) < 4.78 is 46.8. The van der Waals surface area contributed by atoms with Crippen LogP contribution in [0.3, 0.4) is 0 Å². The van der Waals surface area contributed by atoms with Gasteiger partial charge in [0.15, 0.2) is 0 Å². The molecule has 9 heteroatoms. The molecule has 0 atom stereocenters. The Hall–Kier alpha value is -0.470. The first-order valence-electron chi connectivity index (χ1n) is 3.42. The molecule has 1 heterocycles. The van der Waals surface area contributed by atoms with Gasteiger partial charge in [0.2, 0.25) is 0 Å². The summed E-state index contributed by atoms with van der Waals surface area (Å²) in [6.45, 7) is 0. The minimum absolute atomic E-state index is 0.227. The lowest BCUT2D eigenvalue weighted by Gasteiger charge is -2.09. The topological polar surface area (TPSA) is 73.0 Å². The van der Waals surface area contributed by atoms with E-state index in [-0.39, 0.29) is 10.3 Å². The van der Waals surface area contributed by atoms with Gasteiger partial charge in [0, 0.05) is 16.9 Å². The zero-order chi connectivity index (χ0) is 11.8. The summed E-state index contributed by atoms with van der Waals surface area (Å²) in [5, 5.41) is 0. The number of nitrogens with two attached hydrogens (primary N) is 1. The van der Waals surface area contributed by atoms with E-state index in [9.17, 15) is 17.2 Å². The quantitative estimate of drug-likeness (QED) is 0.848. The second-order valence-corrected chi connectivity index (χ2v) is 5.80. The van der Waals surface area contributed by atoms with E-state index in [2.05, 4.69) is 20.9 Å². The SMILES string of the molecule is Nc1ncc(S(=O)(=O)Cl)c(C(F)F)c1Br. The van der Waals surface area contributed by atoms with Gasteiger partial charge in [0.05, 0.1) is 10.0 Å². The van der Waals surface area contributed by atoms with Gasteiger partial charge in [-0.1, -0.05) is 0 Å². The maximum absolute atomic E-state index is 12.6. The van der Waals surface area contributed by atoms with Crippen LogP contribution < -0.4 is 5.73 Å². The lowest BCUT2D eigenvalue weighted by molar-refractivity contribution is 0.147. The van der Waals surface area contributed by atoms with Crippen LogP contribution in [-0.4, -0.2) is 13.4 Å². The summed E-state index contributed by atoms with van der Waals surface area (Å²) >= 11 is 2.73. The number of aromatic nitrogens is 1. The normalized spacial score (nSPS) is 12.1. The van der Waals surface area contributed by atoms with Gasteiger partial charge in [-0.25, -0.2) is 22.2 Å². The van der Waals surface area contributed by atoms with Crippen LogP contribution in [-0.2, 0) is 9.05 Å². The zero-order valence-electron chi connectivity index (χ0n) is 6.92. The highest BCUT2D eigenvalue weighted by Gasteiger charge is 2.26. The average Bonchev–Trinajstić information content (AvgIpc) is 2.06. The lowest BCUT2D eigenvalue weighted by Crippen LogP contribution is -2.04. The van der Waals surface area contributed by atoms with E-state index in [1.165, 1.54) is 0 Å². The number of halogens is 4. The molecule has 0 amide bonds. The van der Waals surface area contributed by atoms with Crippen LogP contribution in [0, 0.1) is 0 Å². The molecule has 15 heavy (non-hydrogen) atoms. The summed E-state index contributed by atoms with van der Waals surface area (Å²) in [4.78, 5) is 2.67. The van der Waals surface area contributed by atoms with Gasteiger partial charge in [0.1, 0.15) is 10.7 Å². The van der Waals surface area contributed by atoms with Crippen molar-refractivity contribution < 1.29 is 17.2 Å². The van der Waals surface area contributed by atoms with E-state index >= 15 is 0 Å². The molecule has 0 saturated carbocycles. The summed E-state index contributed by atoms with van der Waals surface area (Å²) in [5.41, 5.74) is 4.46. The third-order valence-electron chi connectivity index (χ3n) is 1.53. The van der Waals surface area contributed by atoms with E-state index in [1.54, 1.807) is 0 Å². The number of rotatable bonds is 2. The Balaban J connectivity index is 3.62. The lowest BCUT2D eigenvalue weighted by atomic mass is 10.3. The molecule has 0 unspecified atom stereocenters. The summed E-state index contributed by atoms with van der Waals surface area (Å²) in [6.07, 6.45) is -2.32. The van der Waals surface area contributed by atoms with Crippen molar-refractivity contribution in [1.29, 1.82) is 0 Å². The van der Waals surface area contributed by atoms with E-state index in [4.69, 9.17) is 16.4 Å². The first-order valence-corrected chi connectivity index (χ1v) is 6.52. The Labute approximate surface area is 97.0 Å². The molecular weight excluding hydrogens is 317 g/mol. The smallest absolute Gasteiger partial charge is 0.266 e. The van der Waals surface area contributed by atoms with E-state index < -0.39 is 25.9 Å². The number of nitrogen functional groups attached to an aromatic ring is 1. The van der Waals surface area contributed by atoms with Gasteiger partial charge in [-0.2, -0.15) is 0 Å². The molecule has 2 N–H and O–H groups in total. The highest BCUT2D eigenvalue weighted by atomic mass is 79.9. The van der Waals surface area contributed by atoms with Gasteiger partial charge < -0.3 is 5.73 Å². The molecule has 84 valence electrons. The monoisotopic (exact) mass is 320 g/mol. The standard InChI is InChI=1S/C6H4BrClF2N2O2S/c7-4-3(5(9)10)2(15(8,13)14)1-12-6(4)11/h1,5H,(H2,11,12). The summed E-state index contributed by atoms with van der Waals surface area (Å²) in [5.74, 6) is -0.227. The first kappa shape index (κ1) is 12.6. The minimum Gasteiger partial charge on any atom is -0.383 e.